The Balaban J connectivity index is 4.18. The zero-order valence-electron chi connectivity index (χ0n) is 11.2. The molecule has 0 saturated heterocycles. The summed E-state index contributed by atoms with van der Waals surface area (Å²) in [7, 11) is 3.14. The van der Waals surface area contributed by atoms with Crippen LogP contribution in [0, 0.1) is 5.92 Å². The Bertz CT molecular complexity index is 315. The average Bonchev–Trinajstić information content (AvgIpc) is 2.23. The van der Waals surface area contributed by atoms with Crippen molar-refractivity contribution in [1.82, 2.24) is 15.5 Å². The van der Waals surface area contributed by atoms with E-state index in [4.69, 9.17) is 5.11 Å². The van der Waals surface area contributed by atoms with Gasteiger partial charge in [0.25, 0.3) is 0 Å². The van der Waals surface area contributed by atoms with Crippen molar-refractivity contribution >= 4 is 17.9 Å². The third-order valence-electron chi connectivity index (χ3n) is 2.21. The summed E-state index contributed by atoms with van der Waals surface area (Å²) in [5, 5.41) is 13.6. The number of amides is 3. The SMILES string of the molecule is CC(C)CC(NC(=O)NCC(=O)N(C)C)C(=O)O. The number of nitrogens with one attached hydrogen (secondary N) is 2. The molecule has 7 nitrogen and oxygen atoms in total. The maximum absolute atomic E-state index is 11.4. The van der Waals surface area contributed by atoms with Gasteiger partial charge >= 0.3 is 12.0 Å². The van der Waals surface area contributed by atoms with E-state index in [9.17, 15) is 14.4 Å². The van der Waals surface area contributed by atoms with Crippen LogP contribution in [-0.4, -0.2) is 54.6 Å². The van der Waals surface area contributed by atoms with Crippen LogP contribution >= 0.6 is 0 Å². The molecule has 0 aliphatic heterocycles. The average molecular weight is 259 g/mol. The monoisotopic (exact) mass is 259 g/mol. The fourth-order valence-corrected chi connectivity index (χ4v) is 1.22. The molecule has 3 amide bonds. The van der Waals surface area contributed by atoms with Crippen LogP contribution in [0.2, 0.25) is 0 Å². The minimum atomic E-state index is -1.09. The molecule has 0 heterocycles. The van der Waals surface area contributed by atoms with Crippen LogP contribution in [0.15, 0.2) is 0 Å². The molecule has 0 spiro atoms. The van der Waals surface area contributed by atoms with Gasteiger partial charge < -0.3 is 20.6 Å². The van der Waals surface area contributed by atoms with Crippen LogP contribution < -0.4 is 10.6 Å². The Morgan fingerprint density at radius 3 is 2.17 bits per heavy atom. The van der Waals surface area contributed by atoms with Crippen molar-refractivity contribution in [2.24, 2.45) is 5.92 Å². The number of hydrogen-bond acceptors (Lipinski definition) is 3. The molecule has 0 fully saturated rings. The van der Waals surface area contributed by atoms with Crippen molar-refractivity contribution in [3.63, 3.8) is 0 Å². The van der Waals surface area contributed by atoms with E-state index >= 15 is 0 Å². The first kappa shape index (κ1) is 16.2. The molecule has 0 rings (SSSR count). The fraction of sp³-hybridized carbons (Fsp3) is 0.727. The summed E-state index contributed by atoms with van der Waals surface area (Å²) in [4.78, 5) is 34.9. The van der Waals surface area contributed by atoms with Crippen molar-refractivity contribution in [2.75, 3.05) is 20.6 Å². The summed E-state index contributed by atoms with van der Waals surface area (Å²) in [5.41, 5.74) is 0. The van der Waals surface area contributed by atoms with Crippen LogP contribution in [0.25, 0.3) is 0 Å². The largest absolute Gasteiger partial charge is 0.480 e. The molecule has 0 aliphatic carbocycles. The first-order chi connectivity index (χ1) is 8.23. The van der Waals surface area contributed by atoms with Crippen LogP contribution in [0.1, 0.15) is 20.3 Å². The second-order valence-electron chi connectivity index (χ2n) is 4.64. The van der Waals surface area contributed by atoms with Gasteiger partial charge in [0.15, 0.2) is 0 Å². The number of urea groups is 1. The predicted octanol–water partition coefficient (Wildman–Crippen LogP) is -0.127. The Morgan fingerprint density at radius 1 is 1.22 bits per heavy atom. The van der Waals surface area contributed by atoms with Crippen molar-refractivity contribution < 1.29 is 19.5 Å². The van der Waals surface area contributed by atoms with E-state index in [0.29, 0.717) is 6.42 Å². The molecule has 0 saturated carbocycles. The Labute approximate surface area is 107 Å². The third kappa shape index (κ3) is 6.72. The van der Waals surface area contributed by atoms with Crippen LogP contribution in [-0.2, 0) is 9.59 Å². The smallest absolute Gasteiger partial charge is 0.326 e. The standard InChI is InChI=1S/C11H21N3O4/c1-7(2)5-8(10(16)17)13-11(18)12-6-9(15)14(3)4/h7-8H,5-6H2,1-4H3,(H,16,17)(H2,12,13,18). The van der Waals surface area contributed by atoms with Gasteiger partial charge in [-0.25, -0.2) is 9.59 Å². The molecular formula is C11H21N3O4. The molecule has 18 heavy (non-hydrogen) atoms. The minimum Gasteiger partial charge on any atom is -0.480 e. The number of nitrogens with zero attached hydrogens (tertiary/aromatic N) is 1. The highest BCUT2D eigenvalue weighted by molar-refractivity contribution is 5.86. The highest BCUT2D eigenvalue weighted by atomic mass is 16.4. The van der Waals surface area contributed by atoms with Crippen LogP contribution in [0.3, 0.4) is 0 Å². The molecule has 0 aromatic carbocycles. The number of likely N-dealkylation sites (N-methyl/N-ethyl adjacent to an activating group) is 1. The first-order valence-electron chi connectivity index (χ1n) is 5.71. The zero-order chi connectivity index (χ0) is 14.3. The van der Waals surface area contributed by atoms with Gasteiger partial charge in [0.2, 0.25) is 5.91 Å². The summed E-state index contributed by atoms with van der Waals surface area (Å²) in [6, 6.07) is -1.60. The molecule has 7 heteroatoms. The Kier molecular flexibility index (Phi) is 6.77. The van der Waals surface area contributed by atoms with Crippen molar-refractivity contribution in [1.29, 1.82) is 0 Å². The Morgan fingerprint density at radius 2 is 1.78 bits per heavy atom. The molecular weight excluding hydrogens is 238 g/mol. The predicted molar refractivity (Wildman–Crippen MR) is 66.1 cm³/mol. The summed E-state index contributed by atoms with van der Waals surface area (Å²) < 4.78 is 0. The molecule has 0 aromatic rings. The van der Waals surface area contributed by atoms with Gasteiger partial charge in [-0.2, -0.15) is 0 Å². The van der Waals surface area contributed by atoms with Gasteiger partial charge in [-0.15, -0.1) is 0 Å². The van der Waals surface area contributed by atoms with E-state index in [2.05, 4.69) is 10.6 Å². The van der Waals surface area contributed by atoms with E-state index in [0.717, 1.165) is 0 Å². The Hall–Kier alpha value is -1.79. The molecule has 3 N–H and O–H groups in total. The van der Waals surface area contributed by atoms with Crippen molar-refractivity contribution in [3.8, 4) is 0 Å². The normalized spacial score (nSPS) is 11.8. The highest BCUT2D eigenvalue weighted by Crippen LogP contribution is 2.04. The first-order valence-corrected chi connectivity index (χ1v) is 5.71. The molecule has 104 valence electrons. The molecule has 0 aliphatic rings. The number of aliphatic carboxylic acids is 1. The van der Waals surface area contributed by atoms with E-state index in [1.54, 1.807) is 14.1 Å². The maximum Gasteiger partial charge on any atom is 0.326 e. The number of carbonyl (C=O) groups excluding carboxylic acids is 2. The maximum atomic E-state index is 11.4. The molecule has 1 unspecified atom stereocenters. The van der Waals surface area contributed by atoms with Crippen molar-refractivity contribution in [2.45, 2.75) is 26.3 Å². The highest BCUT2D eigenvalue weighted by Gasteiger charge is 2.21. The molecule has 0 radical (unpaired) electrons. The van der Waals surface area contributed by atoms with Gasteiger partial charge in [-0.3, -0.25) is 4.79 Å². The minimum absolute atomic E-state index is 0.148. The van der Waals surface area contributed by atoms with Gasteiger partial charge in [0.1, 0.15) is 6.04 Å². The lowest BCUT2D eigenvalue weighted by Gasteiger charge is -2.17. The van der Waals surface area contributed by atoms with Gasteiger partial charge in [-0.05, 0) is 12.3 Å². The molecule has 1 atom stereocenters. The number of carboxylic acids is 1. The second-order valence-corrected chi connectivity index (χ2v) is 4.64. The second kappa shape index (κ2) is 7.52. The zero-order valence-corrected chi connectivity index (χ0v) is 11.2. The molecule has 0 bridgehead atoms. The number of hydrogen-bond donors (Lipinski definition) is 3. The van der Waals surface area contributed by atoms with E-state index in [-0.39, 0.29) is 18.4 Å². The number of carbonyl (C=O) groups is 3. The number of carboxylic acid groups (broad SMARTS) is 1. The van der Waals surface area contributed by atoms with Crippen molar-refractivity contribution in [3.05, 3.63) is 0 Å². The van der Waals surface area contributed by atoms with Gasteiger partial charge in [-0.1, -0.05) is 13.8 Å². The summed E-state index contributed by atoms with van der Waals surface area (Å²) in [5.74, 6) is -1.20. The summed E-state index contributed by atoms with van der Waals surface area (Å²) in [6.07, 6.45) is 0.338. The van der Waals surface area contributed by atoms with E-state index in [1.807, 2.05) is 13.8 Å². The van der Waals surface area contributed by atoms with Crippen LogP contribution in [0.5, 0.6) is 0 Å². The third-order valence-corrected chi connectivity index (χ3v) is 2.21. The van der Waals surface area contributed by atoms with Gasteiger partial charge in [0, 0.05) is 14.1 Å². The molecule has 0 aromatic heterocycles. The van der Waals surface area contributed by atoms with Crippen LogP contribution in [0.4, 0.5) is 4.79 Å². The van der Waals surface area contributed by atoms with E-state index < -0.39 is 18.0 Å². The quantitative estimate of drug-likeness (QED) is 0.619. The van der Waals surface area contributed by atoms with Gasteiger partial charge in [0.05, 0.1) is 6.54 Å². The topological polar surface area (TPSA) is 98.7 Å². The fourth-order valence-electron chi connectivity index (χ4n) is 1.22. The summed E-state index contributed by atoms with van der Waals surface area (Å²) >= 11 is 0. The lowest BCUT2D eigenvalue weighted by molar-refractivity contribution is -0.139. The summed E-state index contributed by atoms with van der Waals surface area (Å²) in [6.45, 7) is 3.57. The number of rotatable bonds is 6. The lowest BCUT2D eigenvalue weighted by Crippen LogP contribution is -2.48. The lowest BCUT2D eigenvalue weighted by atomic mass is 10.0. The van der Waals surface area contributed by atoms with E-state index in [1.165, 1.54) is 4.90 Å².